The highest BCUT2D eigenvalue weighted by atomic mass is 19.1. The van der Waals surface area contributed by atoms with E-state index in [1.54, 1.807) is 0 Å². The molecule has 3 N–H and O–H groups in total. The van der Waals surface area contributed by atoms with Crippen molar-refractivity contribution in [2.75, 3.05) is 31.3 Å². The average molecular weight is 295 g/mol. The fraction of sp³-hybridized carbons (Fsp3) is 0.533. The Kier molecular flexibility index (Phi) is 5.14. The third-order valence-corrected chi connectivity index (χ3v) is 4.02. The number of rotatable bonds is 4. The summed E-state index contributed by atoms with van der Waals surface area (Å²) in [7, 11) is 1.94. The second-order valence-electron chi connectivity index (χ2n) is 5.41. The Morgan fingerprint density at radius 1 is 1.48 bits per heavy atom. The van der Waals surface area contributed by atoms with Crippen molar-refractivity contribution in [3.05, 3.63) is 24.0 Å². The second-order valence-corrected chi connectivity index (χ2v) is 5.41. The van der Waals surface area contributed by atoms with Crippen molar-refractivity contribution in [2.24, 2.45) is 0 Å². The third-order valence-electron chi connectivity index (χ3n) is 4.02. The van der Waals surface area contributed by atoms with Crippen molar-refractivity contribution in [1.29, 1.82) is 0 Å². The van der Waals surface area contributed by atoms with Gasteiger partial charge in [-0.2, -0.15) is 0 Å². The van der Waals surface area contributed by atoms with E-state index in [0.717, 1.165) is 26.1 Å². The van der Waals surface area contributed by atoms with E-state index in [4.69, 9.17) is 10.5 Å². The summed E-state index contributed by atoms with van der Waals surface area (Å²) < 4.78 is 18.4. The first kappa shape index (κ1) is 15.7. The number of halogens is 1. The number of anilines is 2. The van der Waals surface area contributed by atoms with Gasteiger partial charge < -0.3 is 15.8 Å². The highest BCUT2D eigenvalue weighted by molar-refractivity contribution is 5.94. The highest BCUT2D eigenvalue weighted by Gasteiger charge is 2.26. The van der Waals surface area contributed by atoms with Crippen molar-refractivity contribution in [2.45, 2.75) is 31.8 Å². The van der Waals surface area contributed by atoms with E-state index in [1.807, 2.05) is 14.0 Å². The van der Waals surface area contributed by atoms with Gasteiger partial charge in [0, 0.05) is 24.9 Å². The maximum Gasteiger partial charge on any atom is 0.241 e. The Balaban J connectivity index is 1.96. The number of benzene rings is 1. The van der Waals surface area contributed by atoms with E-state index in [-0.39, 0.29) is 17.6 Å². The molecule has 1 aromatic carbocycles. The smallest absolute Gasteiger partial charge is 0.241 e. The molecule has 0 spiro atoms. The topological polar surface area (TPSA) is 67.6 Å². The van der Waals surface area contributed by atoms with Crippen LogP contribution < -0.4 is 11.1 Å². The van der Waals surface area contributed by atoms with Crippen LogP contribution in [0.2, 0.25) is 0 Å². The summed E-state index contributed by atoms with van der Waals surface area (Å²) in [5.74, 6) is -0.615. The predicted octanol–water partition coefficient (Wildman–Crippen LogP) is 1.85. The molecule has 1 heterocycles. The summed E-state index contributed by atoms with van der Waals surface area (Å²) in [6.45, 7) is 3.33. The monoisotopic (exact) mass is 295 g/mol. The molecule has 0 aromatic heterocycles. The molecular formula is C15H22FN3O2. The molecule has 0 saturated carbocycles. The maximum atomic E-state index is 13.1. The zero-order valence-electron chi connectivity index (χ0n) is 12.4. The van der Waals surface area contributed by atoms with Crippen LogP contribution in [-0.2, 0) is 9.53 Å². The highest BCUT2D eigenvalue weighted by Crippen LogP contribution is 2.19. The van der Waals surface area contributed by atoms with Gasteiger partial charge in [0.15, 0.2) is 0 Å². The van der Waals surface area contributed by atoms with Gasteiger partial charge in [0.05, 0.1) is 11.7 Å². The van der Waals surface area contributed by atoms with Gasteiger partial charge in [-0.1, -0.05) is 0 Å². The van der Waals surface area contributed by atoms with Gasteiger partial charge in [-0.3, -0.25) is 9.69 Å². The van der Waals surface area contributed by atoms with Crippen LogP contribution in [0.3, 0.4) is 0 Å². The van der Waals surface area contributed by atoms with Gasteiger partial charge in [0.1, 0.15) is 5.82 Å². The lowest BCUT2D eigenvalue weighted by Gasteiger charge is -2.34. The summed E-state index contributed by atoms with van der Waals surface area (Å²) in [4.78, 5) is 14.3. The number of carbonyl (C=O) groups excluding carboxylic acids is 1. The van der Waals surface area contributed by atoms with Crippen LogP contribution in [0, 0.1) is 5.82 Å². The molecule has 21 heavy (non-hydrogen) atoms. The van der Waals surface area contributed by atoms with Crippen LogP contribution in [0.5, 0.6) is 0 Å². The van der Waals surface area contributed by atoms with Gasteiger partial charge in [-0.25, -0.2) is 4.39 Å². The average Bonchev–Trinajstić information content (AvgIpc) is 2.50. The number of nitrogens with two attached hydrogens (primary N) is 1. The lowest BCUT2D eigenvalue weighted by molar-refractivity contribution is -0.121. The lowest BCUT2D eigenvalue weighted by Crippen LogP contribution is -2.47. The Morgan fingerprint density at radius 3 is 2.76 bits per heavy atom. The third kappa shape index (κ3) is 3.92. The Hall–Kier alpha value is -1.66. The number of hydrogen-bond donors (Lipinski definition) is 2. The van der Waals surface area contributed by atoms with Crippen LogP contribution in [0.25, 0.3) is 0 Å². The van der Waals surface area contributed by atoms with Gasteiger partial charge in [0.2, 0.25) is 5.91 Å². The molecule has 1 saturated heterocycles. The van der Waals surface area contributed by atoms with Crippen LogP contribution in [0.4, 0.5) is 15.8 Å². The number of nitrogens with one attached hydrogen (secondary N) is 1. The first-order valence-corrected chi connectivity index (χ1v) is 7.14. The van der Waals surface area contributed by atoms with Crippen LogP contribution >= 0.6 is 0 Å². The van der Waals surface area contributed by atoms with Crippen molar-refractivity contribution in [3.63, 3.8) is 0 Å². The van der Waals surface area contributed by atoms with E-state index in [1.165, 1.54) is 18.2 Å². The Bertz CT molecular complexity index is 504. The number of nitrogens with zero attached hydrogens (tertiary/aromatic N) is 1. The van der Waals surface area contributed by atoms with Crippen molar-refractivity contribution < 1.29 is 13.9 Å². The lowest BCUT2D eigenvalue weighted by atomic mass is 10.1. The molecule has 0 bridgehead atoms. The number of carbonyl (C=O) groups is 1. The standard InChI is InChI=1S/C15H22FN3O2/c1-10(19(2)12-5-7-21-8-6-12)15(20)18-11-3-4-13(16)14(17)9-11/h3-4,9-10,12H,5-8,17H2,1-2H3,(H,18,20). The largest absolute Gasteiger partial charge is 0.396 e. The summed E-state index contributed by atoms with van der Waals surface area (Å²) in [6, 6.07) is 4.24. The molecule has 1 aliphatic heterocycles. The zero-order valence-corrected chi connectivity index (χ0v) is 12.4. The number of ether oxygens (including phenoxy) is 1. The molecule has 1 unspecified atom stereocenters. The summed E-state index contributed by atoms with van der Waals surface area (Å²) in [5, 5.41) is 2.77. The minimum absolute atomic E-state index is 0.0261. The van der Waals surface area contributed by atoms with E-state index in [9.17, 15) is 9.18 Å². The van der Waals surface area contributed by atoms with Gasteiger partial charge >= 0.3 is 0 Å². The molecular weight excluding hydrogens is 273 g/mol. The summed E-state index contributed by atoms with van der Waals surface area (Å²) in [5.41, 5.74) is 6.03. The van der Waals surface area contributed by atoms with Crippen molar-refractivity contribution in [3.8, 4) is 0 Å². The molecule has 1 atom stereocenters. The molecule has 0 aliphatic carbocycles. The minimum atomic E-state index is -0.486. The molecule has 1 aliphatic rings. The Labute approximate surface area is 124 Å². The van der Waals surface area contributed by atoms with Crippen molar-refractivity contribution in [1.82, 2.24) is 4.90 Å². The fourth-order valence-electron chi connectivity index (χ4n) is 2.46. The van der Waals surface area contributed by atoms with Crippen LogP contribution in [-0.4, -0.2) is 43.2 Å². The molecule has 1 aromatic rings. The molecule has 2 rings (SSSR count). The normalized spacial score (nSPS) is 17.7. The second kappa shape index (κ2) is 6.87. The van der Waals surface area contributed by atoms with Gasteiger partial charge in [-0.15, -0.1) is 0 Å². The molecule has 6 heteroatoms. The van der Waals surface area contributed by atoms with E-state index < -0.39 is 5.82 Å². The van der Waals surface area contributed by atoms with Gasteiger partial charge in [0.25, 0.3) is 0 Å². The first-order chi connectivity index (χ1) is 9.99. The Morgan fingerprint density at radius 2 is 2.14 bits per heavy atom. The molecule has 0 radical (unpaired) electrons. The van der Waals surface area contributed by atoms with E-state index in [2.05, 4.69) is 10.2 Å². The zero-order chi connectivity index (χ0) is 15.4. The van der Waals surface area contributed by atoms with Gasteiger partial charge in [-0.05, 0) is 45.0 Å². The molecule has 116 valence electrons. The van der Waals surface area contributed by atoms with Crippen LogP contribution in [0.15, 0.2) is 18.2 Å². The first-order valence-electron chi connectivity index (χ1n) is 7.14. The van der Waals surface area contributed by atoms with Crippen LogP contribution in [0.1, 0.15) is 19.8 Å². The quantitative estimate of drug-likeness (QED) is 0.832. The molecule has 1 fully saturated rings. The molecule has 5 nitrogen and oxygen atoms in total. The van der Waals surface area contributed by atoms with E-state index >= 15 is 0 Å². The summed E-state index contributed by atoms with van der Waals surface area (Å²) >= 11 is 0. The predicted molar refractivity (Wildman–Crippen MR) is 80.5 cm³/mol. The number of amides is 1. The number of likely N-dealkylation sites (N-methyl/N-ethyl adjacent to an activating group) is 1. The number of hydrogen-bond acceptors (Lipinski definition) is 4. The molecule has 1 amide bonds. The fourth-order valence-corrected chi connectivity index (χ4v) is 2.46. The summed E-state index contributed by atoms with van der Waals surface area (Å²) in [6.07, 6.45) is 1.86. The maximum absolute atomic E-state index is 13.1. The minimum Gasteiger partial charge on any atom is -0.396 e. The van der Waals surface area contributed by atoms with Crippen molar-refractivity contribution >= 4 is 17.3 Å². The number of nitrogen functional groups attached to an aromatic ring is 1. The van der Waals surface area contributed by atoms with E-state index in [0.29, 0.717) is 11.7 Å². The SMILES string of the molecule is CC(C(=O)Nc1ccc(F)c(N)c1)N(C)C1CCOCC1.